The Bertz CT molecular complexity index is 1010. The van der Waals surface area contributed by atoms with Gasteiger partial charge in [0.1, 0.15) is 12.4 Å². The zero-order valence-electron chi connectivity index (χ0n) is 14.5. The Labute approximate surface area is 150 Å². The summed E-state index contributed by atoms with van der Waals surface area (Å²) in [4.78, 5) is 18.7. The molecule has 3 aromatic rings. The van der Waals surface area contributed by atoms with Gasteiger partial charge in [-0.05, 0) is 42.7 Å². The van der Waals surface area contributed by atoms with E-state index >= 15 is 0 Å². The fourth-order valence-electron chi connectivity index (χ4n) is 3.27. The molecule has 2 aliphatic rings. The maximum absolute atomic E-state index is 12.0. The summed E-state index contributed by atoms with van der Waals surface area (Å²) in [5.74, 6) is 1.35. The number of nitrogens with zero attached hydrogens (tertiary/aromatic N) is 4. The largest absolute Gasteiger partial charge is 0.490 e. The van der Waals surface area contributed by atoms with Gasteiger partial charge in [0.25, 0.3) is 0 Å². The van der Waals surface area contributed by atoms with Crippen molar-refractivity contribution in [3.63, 3.8) is 0 Å². The fourth-order valence-corrected chi connectivity index (χ4v) is 3.27. The van der Waals surface area contributed by atoms with Crippen LogP contribution in [0.5, 0.6) is 5.75 Å². The van der Waals surface area contributed by atoms with E-state index in [1.807, 2.05) is 24.4 Å². The van der Waals surface area contributed by atoms with Gasteiger partial charge in [-0.25, -0.2) is 4.52 Å². The molecule has 3 heterocycles. The summed E-state index contributed by atoms with van der Waals surface area (Å²) in [6.07, 6.45) is 3.74. The van der Waals surface area contributed by atoms with Gasteiger partial charge >= 0.3 is 0 Å². The Morgan fingerprint density at radius 3 is 3.04 bits per heavy atom. The molecule has 1 saturated carbocycles. The van der Waals surface area contributed by atoms with E-state index in [0.29, 0.717) is 18.2 Å². The van der Waals surface area contributed by atoms with Gasteiger partial charge in [-0.1, -0.05) is 6.07 Å². The van der Waals surface area contributed by atoms with Crippen molar-refractivity contribution in [2.45, 2.75) is 12.8 Å². The lowest BCUT2D eigenvalue weighted by atomic mass is 10.1. The van der Waals surface area contributed by atoms with E-state index in [9.17, 15) is 4.79 Å². The third kappa shape index (κ3) is 2.56. The van der Waals surface area contributed by atoms with Crippen molar-refractivity contribution in [3.8, 4) is 16.9 Å². The smallest absolute Gasteiger partial charge is 0.249 e. The second-order valence-electron chi connectivity index (χ2n) is 6.84. The van der Waals surface area contributed by atoms with Crippen LogP contribution in [-0.2, 0) is 4.79 Å². The Kier molecular flexibility index (Phi) is 3.34. The van der Waals surface area contributed by atoms with Gasteiger partial charge in [-0.2, -0.15) is 4.98 Å². The molecule has 1 aliphatic heterocycles. The van der Waals surface area contributed by atoms with Crippen molar-refractivity contribution in [1.29, 1.82) is 0 Å². The van der Waals surface area contributed by atoms with Crippen LogP contribution in [0.3, 0.4) is 0 Å². The molecule has 0 spiro atoms. The highest BCUT2D eigenvalue weighted by Crippen LogP contribution is 2.36. The van der Waals surface area contributed by atoms with E-state index in [1.165, 1.54) is 0 Å². The van der Waals surface area contributed by atoms with Crippen molar-refractivity contribution in [2.75, 3.05) is 30.4 Å². The molecular weight excluding hydrogens is 330 g/mol. The Hall–Kier alpha value is -3.09. The van der Waals surface area contributed by atoms with Crippen molar-refractivity contribution in [2.24, 2.45) is 5.92 Å². The molecule has 7 nitrogen and oxygen atoms in total. The number of aromatic nitrogens is 3. The van der Waals surface area contributed by atoms with Crippen LogP contribution in [0, 0.1) is 5.92 Å². The number of fused-ring (bicyclic) bond motifs is 2. The topological polar surface area (TPSA) is 71.8 Å². The average Bonchev–Trinajstić information content (AvgIpc) is 3.41. The van der Waals surface area contributed by atoms with Crippen molar-refractivity contribution >= 4 is 23.2 Å². The van der Waals surface area contributed by atoms with Crippen molar-refractivity contribution in [1.82, 2.24) is 14.6 Å². The Morgan fingerprint density at radius 1 is 1.31 bits per heavy atom. The Balaban J connectivity index is 1.54. The number of hydrogen-bond acceptors (Lipinski definition) is 5. The van der Waals surface area contributed by atoms with Crippen molar-refractivity contribution in [3.05, 3.63) is 36.5 Å². The van der Waals surface area contributed by atoms with Crippen LogP contribution >= 0.6 is 0 Å². The fraction of sp³-hybridized carbons (Fsp3) is 0.316. The van der Waals surface area contributed by atoms with Gasteiger partial charge in [-0.15, -0.1) is 5.10 Å². The number of anilines is 2. The van der Waals surface area contributed by atoms with E-state index in [-0.39, 0.29) is 11.8 Å². The maximum Gasteiger partial charge on any atom is 0.249 e. The first-order chi connectivity index (χ1) is 12.7. The molecule has 0 bridgehead atoms. The number of rotatable bonds is 3. The molecular formula is C19H19N5O2. The number of ether oxygens (including phenoxy) is 1. The first-order valence-electron chi connectivity index (χ1n) is 8.84. The number of carbonyl (C=O) groups excluding carboxylic acids is 1. The highest BCUT2D eigenvalue weighted by molar-refractivity contribution is 5.93. The van der Waals surface area contributed by atoms with Crippen molar-refractivity contribution < 1.29 is 9.53 Å². The lowest BCUT2D eigenvalue weighted by molar-refractivity contribution is -0.117. The third-order valence-electron chi connectivity index (χ3n) is 4.91. The monoisotopic (exact) mass is 349 g/mol. The number of hydrogen-bond donors (Lipinski definition) is 1. The summed E-state index contributed by atoms with van der Waals surface area (Å²) in [6.45, 7) is 1.57. The predicted molar refractivity (Wildman–Crippen MR) is 98.5 cm³/mol. The lowest BCUT2D eigenvalue weighted by Gasteiger charge is -2.28. The van der Waals surface area contributed by atoms with E-state index in [1.54, 1.807) is 4.52 Å². The molecule has 2 aromatic heterocycles. The first-order valence-corrected chi connectivity index (χ1v) is 8.84. The van der Waals surface area contributed by atoms with Crippen LogP contribution in [-0.4, -0.2) is 40.7 Å². The molecule has 7 heteroatoms. The average molecular weight is 349 g/mol. The standard InChI is InChI=1S/C19H19N5O2/c1-23-9-10-26-16-11-13(6-7-15(16)23)14-3-2-8-24-17(14)20-19(22-24)21-18(25)12-4-5-12/h2-3,6-8,11-12H,4-5,9-10H2,1H3,(H,21,22,25). The summed E-state index contributed by atoms with van der Waals surface area (Å²) in [5.41, 5.74) is 3.76. The van der Waals surface area contributed by atoms with Gasteiger partial charge < -0.3 is 9.64 Å². The zero-order valence-corrected chi connectivity index (χ0v) is 14.5. The summed E-state index contributed by atoms with van der Waals surface area (Å²) < 4.78 is 7.52. The van der Waals surface area contributed by atoms with E-state index < -0.39 is 0 Å². The Morgan fingerprint density at radius 2 is 2.19 bits per heavy atom. The molecule has 132 valence electrons. The second-order valence-corrected chi connectivity index (χ2v) is 6.84. The van der Waals surface area contributed by atoms with Gasteiger partial charge in [0, 0.05) is 24.7 Å². The molecule has 0 unspecified atom stereocenters. The SMILES string of the molecule is CN1CCOc2cc(-c3cccn4nc(NC(=O)C5CC5)nc34)ccc21. The number of likely N-dealkylation sites (N-methyl/N-ethyl adjacent to an activating group) is 1. The molecule has 1 N–H and O–H groups in total. The number of amides is 1. The molecule has 1 aliphatic carbocycles. The van der Waals surface area contributed by atoms with Gasteiger partial charge in [0.2, 0.25) is 11.9 Å². The van der Waals surface area contributed by atoms with Crippen LogP contribution in [0.2, 0.25) is 0 Å². The molecule has 1 aromatic carbocycles. The molecule has 1 amide bonds. The second kappa shape index (κ2) is 5.72. The minimum absolute atomic E-state index is 0.00711. The van der Waals surface area contributed by atoms with Gasteiger partial charge in [-0.3, -0.25) is 10.1 Å². The summed E-state index contributed by atoms with van der Waals surface area (Å²) in [6, 6.07) is 10.1. The van der Waals surface area contributed by atoms with Crippen LogP contribution < -0.4 is 15.0 Å². The van der Waals surface area contributed by atoms with Crippen LogP contribution in [0.25, 0.3) is 16.8 Å². The number of nitrogens with one attached hydrogen (secondary N) is 1. The quantitative estimate of drug-likeness (QED) is 0.787. The van der Waals surface area contributed by atoms with E-state index in [2.05, 4.69) is 39.5 Å². The number of carbonyl (C=O) groups is 1. The zero-order chi connectivity index (χ0) is 17.7. The molecule has 1 fully saturated rings. The van der Waals surface area contributed by atoms with Crippen LogP contribution in [0.4, 0.5) is 11.6 Å². The highest BCUT2D eigenvalue weighted by Gasteiger charge is 2.30. The van der Waals surface area contributed by atoms with E-state index in [0.717, 1.165) is 42.0 Å². The normalized spacial score (nSPS) is 16.3. The van der Waals surface area contributed by atoms with E-state index in [4.69, 9.17) is 4.74 Å². The minimum atomic E-state index is 0.00711. The molecule has 0 atom stereocenters. The third-order valence-corrected chi connectivity index (χ3v) is 4.91. The summed E-state index contributed by atoms with van der Waals surface area (Å²) in [7, 11) is 2.06. The maximum atomic E-state index is 12.0. The molecule has 0 radical (unpaired) electrons. The number of pyridine rings is 1. The summed E-state index contributed by atoms with van der Waals surface area (Å²) >= 11 is 0. The minimum Gasteiger partial charge on any atom is -0.490 e. The van der Waals surface area contributed by atoms with Gasteiger partial charge in [0.05, 0.1) is 12.2 Å². The van der Waals surface area contributed by atoms with Crippen LogP contribution in [0.15, 0.2) is 36.5 Å². The molecule has 26 heavy (non-hydrogen) atoms. The summed E-state index contributed by atoms with van der Waals surface area (Å²) in [5, 5.41) is 7.20. The lowest BCUT2D eigenvalue weighted by Crippen LogP contribution is -2.28. The molecule has 5 rings (SSSR count). The molecule has 0 saturated heterocycles. The van der Waals surface area contributed by atoms with Gasteiger partial charge in [0.15, 0.2) is 5.65 Å². The van der Waals surface area contributed by atoms with Crippen LogP contribution in [0.1, 0.15) is 12.8 Å². The predicted octanol–water partition coefficient (Wildman–Crippen LogP) is 2.57. The first kappa shape index (κ1) is 15.2. The highest BCUT2D eigenvalue weighted by atomic mass is 16.5. The number of benzene rings is 1.